The molecule has 0 spiro atoms. The SMILES string of the molecule is COc1ccc([C@H]2O[C@@H]3[C@H](O2)[C@@H](COCc2ccccc2)O[C@H]3n2cnc3c(NC(c4ccccc4)(c4ccc(OC)cc4)c4ccc(OC)cc4)ncnc32)cc1. The second-order valence-corrected chi connectivity index (χ2v) is 14.1. The van der Waals surface area contributed by atoms with Crippen LogP contribution in [0, 0.1) is 0 Å². The highest BCUT2D eigenvalue weighted by Gasteiger charge is 2.54. The highest BCUT2D eigenvalue weighted by Crippen LogP contribution is 2.46. The third kappa shape index (κ3) is 7.00. The Balaban J connectivity index is 1.09. The van der Waals surface area contributed by atoms with E-state index in [1.807, 2.05) is 102 Å². The number of rotatable bonds is 14. The van der Waals surface area contributed by atoms with E-state index in [-0.39, 0.29) is 0 Å². The second-order valence-electron chi connectivity index (χ2n) is 14.1. The van der Waals surface area contributed by atoms with Gasteiger partial charge in [-0.05, 0) is 58.7 Å². The lowest BCUT2D eigenvalue weighted by Crippen LogP contribution is -2.38. The summed E-state index contributed by atoms with van der Waals surface area (Å²) < 4.78 is 44.7. The minimum Gasteiger partial charge on any atom is -0.497 e. The van der Waals surface area contributed by atoms with Crippen LogP contribution >= 0.6 is 0 Å². The Morgan fingerprint density at radius 1 is 0.621 bits per heavy atom. The lowest BCUT2D eigenvalue weighted by Gasteiger charge is -2.37. The van der Waals surface area contributed by atoms with E-state index in [9.17, 15) is 0 Å². The number of hydrogen-bond acceptors (Lipinski definition) is 11. The quantitative estimate of drug-likeness (QED) is 0.109. The van der Waals surface area contributed by atoms with Gasteiger partial charge in [0, 0.05) is 5.56 Å². The molecule has 2 aliphatic heterocycles. The molecule has 0 bridgehead atoms. The molecule has 2 aliphatic rings. The third-order valence-corrected chi connectivity index (χ3v) is 10.8. The molecule has 7 aromatic rings. The molecule has 5 atom stereocenters. The van der Waals surface area contributed by atoms with Gasteiger partial charge in [0.1, 0.15) is 47.4 Å². The Morgan fingerprint density at radius 2 is 1.19 bits per heavy atom. The van der Waals surface area contributed by atoms with Gasteiger partial charge in [0.05, 0.1) is 40.9 Å². The zero-order valence-corrected chi connectivity index (χ0v) is 32.3. The number of methoxy groups -OCH3 is 3. The van der Waals surface area contributed by atoms with Crippen molar-refractivity contribution in [3.05, 3.63) is 174 Å². The predicted octanol–water partition coefficient (Wildman–Crippen LogP) is 7.85. The standard InChI is InChI=1S/C46H43N5O7/c1-52-35-20-14-31(15-21-35)45-57-40-38(27-55-26-30-10-6-4-7-11-30)56-44(41(40)58-45)51-29-49-39-42(47-28-48-43(39)51)50-46(32-12-8-5-9-13-32,33-16-22-36(53-2)23-17-33)34-18-24-37(54-3)25-19-34/h4-25,28-29,38,40-41,44-45H,26-27H2,1-3H3,(H,47,48,50)/t38-,40-,41-,44-,45-/m1/s1. The first-order valence-electron chi connectivity index (χ1n) is 19.1. The molecule has 294 valence electrons. The lowest BCUT2D eigenvalue weighted by molar-refractivity contribution is -0.158. The highest BCUT2D eigenvalue weighted by molar-refractivity contribution is 5.84. The largest absolute Gasteiger partial charge is 0.497 e. The van der Waals surface area contributed by atoms with Crippen molar-refractivity contribution < 1.29 is 33.2 Å². The summed E-state index contributed by atoms with van der Waals surface area (Å²) in [5, 5.41) is 3.86. The first-order valence-corrected chi connectivity index (χ1v) is 19.1. The van der Waals surface area contributed by atoms with Crippen LogP contribution in [0.25, 0.3) is 11.2 Å². The van der Waals surface area contributed by atoms with Crippen LogP contribution in [-0.2, 0) is 31.1 Å². The predicted molar refractivity (Wildman–Crippen MR) is 217 cm³/mol. The molecule has 2 fully saturated rings. The number of nitrogens with one attached hydrogen (secondary N) is 1. The summed E-state index contributed by atoms with van der Waals surface area (Å²) in [4.78, 5) is 14.5. The van der Waals surface area contributed by atoms with Gasteiger partial charge in [-0.3, -0.25) is 4.57 Å². The Hall–Kier alpha value is -6.31. The fraction of sp³-hybridized carbons (Fsp3) is 0.239. The van der Waals surface area contributed by atoms with Gasteiger partial charge < -0.3 is 38.5 Å². The summed E-state index contributed by atoms with van der Waals surface area (Å²) in [7, 11) is 4.96. The molecule has 0 radical (unpaired) electrons. The summed E-state index contributed by atoms with van der Waals surface area (Å²) in [6.07, 6.45) is 0.659. The van der Waals surface area contributed by atoms with E-state index in [0.717, 1.165) is 45.1 Å². The van der Waals surface area contributed by atoms with Crippen LogP contribution in [0.2, 0.25) is 0 Å². The van der Waals surface area contributed by atoms with Gasteiger partial charge in [-0.2, -0.15) is 0 Å². The summed E-state index contributed by atoms with van der Waals surface area (Å²) in [6.45, 7) is 0.732. The molecule has 0 aliphatic carbocycles. The normalized spacial score (nSPS) is 20.2. The maximum Gasteiger partial charge on any atom is 0.185 e. The molecule has 1 N–H and O–H groups in total. The summed E-state index contributed by atoms with van der Waals surface area (Å²) in [5.41, 5.74) is 5.02. The maximum atomic E-state index is 6.76. The van der Waals surface area contributed by atoms with Crippen LogP contribution in [0.15, 0.2) is 146 Å². The molecule has 12 nitrogen and oxygen atoms in total. The molecule has 2 saturated heterocycles. The van der Waals surface area contributed by atoms with Gasteiger partial charge in [0.2, 0.25) is 0 Å². The van der Waals surface area contributed by atoms with E-state index in [1.54, 1.807) is 34.0 Å². The van der Waals surface area contributed by atoms with Gasteiger partial charge in [0.25, 0.3) is 0 Å². The average Bonchev–Trinajstić information content (AvgIpc) is 4.02. The Morgan fingerprint density at radius 3 is 1.81 bits per heavy atom. The Labute approximate surface area is 336 Å². The van der Waals surface area contributed by atoms with Crippen molar-refractivity contribution in [3.63, 3.8) is 0 Å². The van der Waals surface area contributed by atoms with Gasteiger partial charge in [-0.25, -0.2) is 15.0 Å². The van der Waals surface area contributed by atoms with E-state index in [2.05, 4.69) is 41.7 Å². The number of hydrogen-bond donors (Lipinski definition) is 1. The van der Waals surface area contributed by atoms with Crippen LogP contribution < -0.4 is 19.5 Å². The Bertz CT molecular complexity index is 2380. The molecule has 12 heteroatoms. The first-order chi connectivity index (χ1) is 28.6. The maximum absolute atomic E-state index is 6.76. The topological polar surface area (TPSA) is 120 Å². The Kier molecular flexibility index (Phi) is 10.5. The molecule has 4 heterocycles. The summed E-state index contributed by atoms with van der Waals surface area (Å²) in [6, 6.07) is 44.1. The van der Waals surface area contributed by atoms with Crippen molar-refractivity contribution in [2.75, 3.05) is 33.3 Å². The number of aromatic nitrogens is 4. The van der Waals surface area contributed by atoms with Gasteiger partial charge in [-0.1, -0.05) is 97.1 Å². The summed E-state index contributed by atoms with van der Waals surface area (Å²) in [5.74, 6) is 2.76. The van der Waals surface area contributed by atoms with Crippen molar-refractivity contribution in [1.29, 1.82) is 0 Å². The molecular formula is C46H43N5O7. The van der Waals surface area contributed by atoms with Crippen LogP contribution in [0.5, 0.6) is 17.2 Å². The number of ether oxygens (including phenoxy) is 7. The zero-order valence-electron chi connectivity index (χ0n) is 32.3. The smallest absolute Gasteiger partial charge is 0.185 e. The zero-order chi connectivity index (χ0) is 39.5. The molecule has 0 saturated carbocycles. The van der Waals surface area contributed by atoms with Crippen molar-refractivity contribution in [2.24, 2.45) is 0 Å². The minimum atomic E-state index is -0.936. The number of imidazole rings is 1. The van der Waals surface area contributed by atoms with Crippen molar-refractivity contribution >= 4 is 17.0 Å². The van der Waals surface area contributed by atoms with E-state index in [0.29, 0.717) is 30.2 Å². The van der Waals surface area contributed by atoms with E-state index < -0.39 is 36.4 Å². The fourth-order valence-electron chi connectivity index (χ4n) is 7.87. The fourth-order valence-corrected chi connectivity index (χ4v) is 7.87. The molecular weight excluding hydrogens is 735 g/mol. The molecule has 58 heavy (non-hydrogen) atoms. The monoisotopic (exact) mass is 777 g/mol. The average molecular weight is 778 g/mol. The van der Waals surface area contributed by atoms with Crippen LogP contribution in [0.1, 0.15) is 40.3 Å². The van der Waals surface area contributed by atoms with E-state index in [1.165, 1.54) is 0 Å². The first kappa shape index (κ1) is 37.3. The number of fused-ring (bicyclic) bond motifs is 2. The van der Waals surface area contributed by atoms with Gasteiger partial charge >= 0.3 is 0 Å². The molecule has 0 unspecified atom stereocenters. The number of anilines is 1. The molecule has 2 aromatic heterocycles. The molecule has 9 rings (SSSR count). The van der Waals surface area contributed by atoms with Crippen molar-refractivity contribution in [3.8, 4) is 17.2 Å². The van der Waals surface area contributed by atoms with Crippen molar-refractivity contribution in [2.45, 2.75) is 43.0 Å². The minimum absolute atomic E-state index is 0.295. The van der Waals surface area contributed by atoms with Gasteiger partial charge in [-0.15, -0.1) is 0 Å². The third-order valence-electron chi connectivity index (χ3n) is 10.8. The van der Waals surface area contributed by atoms with Crippen LogP contribution in [0.3, 0.4) is 0 Å². The van der Waals surface area contributed by atoms with Crippen LogP contribution in [0.4, 0.5) is 5.82 Å². The lowest BCUT2D eigenvalue weighted by atomic mass is 9.77. The summed E-state index contributed by atoms with van der Waals surface area (Å²) >= 11 is 0. The van der Waals surface area contributed by atoms with E-state index in [4.69, 9.17) is 48.1 Å². The van der Waals surface area contributed by atoms with E-state index >= 15 is 0 Å². The molecule has 5 aromatic carbocycles. The number of benzene rings is 5. The highest BCUT2D eigenvalue weighted by atomic mass is 16.8. The van der Waals surface area contributed by atoms with Crippen LogP contribution in [-0.4, -0.2) is 65.8 Å². The number of nitrogens with zero attached hydrogens (tertiary/aromatic N) is 4. The van der Waals surface area contributed by atoms with Crippen molar-refractivity contribution in [1.82, 2.24) is 19.5 Å². The molecule has 0 amide bonds. The second kappa shape index (κ2) is 16.3. The van der Waals surface area contributed by atoms with Gasteiger partial charge in [0.15, 0.2) is 29.5 Å².